The van der Waals surface area contributed by atoms with Crippen LogP contribution in [-0.4, -0.2) is 67.3 Å². The van der Waals surface area contributed by atoms with E-state index >= 15 is 0 Å². The van der Waals surface area contributed by atoms with Gasteiger partial charge in [0.25, 0.3) is 10.1 Å². The van der Waals surface area contributed by atoms with Gasteiger partial charge in [-0.25, -0.2) is 4.79 Å². The Balaban J connectivity index is 1.50. The molecule has 0 saturated heterocycles. The Labute approximate surface area is 212 Å². The molecule has 0 aromatic carbocycles. The molecule has 0 bridgehead atoms. The first-order valence-corrected chi connectivity index (χ1v) is 14.9. The normalized spacial score (nSPS) is 46.2. The molecule has 202 valence electrons. The number of hydrogen-bond donors (Lipinski definition) is 2. The molecule has 5 aliphatic rings. The Morgan fingerprint density at radius 2 is 1.83 bits per heavy atom. The first-order valence-electron chi connectivity index (χ1n) is 13.1. The average molecular weight is 527 g/mol. The summed E-state index contributed by atoms with van der Waals surface area (Å²) in [5.41, 5.74) is -2.67. The Hall–Kier alpha value is -1.49. The van der Waals surface area contributed by atoms with Gasteiger partial charge in [0, 0.05) is 30.3 Å². The summed E-state index contributed by atoms with van der Waals surface area (Å²) in [6.45, 7) is 3.58. The van der Waals surface area contributed by atoms with Gasteiger partial charge < -0.3 is 19.7 Å². The molecule has 1 heterocycles. The lowest BCUT2D eigenvalue weighted by Gasteiger charge is -2.66. The number of fused-ring (bicyclic) bond motifs is 5. The van der Waals surface area contributed by atoms with Crippen molar-refractivity contribution in [3.05, 3.63) is 11.6 Å². The number of rotatable bonds is 5. The van der Waals surface area contributed by atoms with Crippen LogP contribution in [0, 0.1) is 28.6 Å². The summed E-state index contributed by atoms with van der Waals surface area (Å²) in [5.74, 6) is -0.988. The van der Waals surface area contributed by atoms with Crippen LogP contribution in [-0.2, 0) is 33.4 Å². The van der Waals surface area contributed by atoms with Gasteiger partial charge in [0.15, 0.2) is 0 Å². The largest absolute Gasteiger partial charge is 0.462 e. The molecule has 0 aromatic rings. The number of aliphatic hydroxyl groups is 2. The van der Waals surface area contributed by atoms with Gasteiger partial charge in [-0.3, -0.25) is 8.98 Å². The van der Waals surface area contributed by atoms with Crippen molar-refractivity contribution in [2.45, 2.75) is 88.9 Å². The standard InChI is InChI=1S/C26H38O9S/c1-16(27)35-18-4-9-24(15-34-36(3,31)32)20-5-8-23(2)19(17-12-22(28)33-14-17)7-11-26(23,30)21(20)6-10-25(24,29)13-18/h12,18-21,29-30H,4-11,13-15H2,1-3H3/t18-,19-,20+,21-,23-,24+,25-,26-/m1/s1. The van der Waals surface area contributed by atoms with Crippen molar-refractivity contribution in [3.8, 4) is 0 Å². The highest BCUT2D eigenvalue weighted by atomic mass is 32.2. The van der Waals surface area contributed by atoms with Gasteiger partial charge in [0.2, 0.25) is 0 Å². The maximum absolute atomic E-state index is 12.4. The topological polar surface area (TPSA) is 136 Å². The molecule has 36 heavy (non-hydrogen) atoms. The maximum atomic E-state index is 12.4. The summed E-state index contributed by atoms with van der Waals surface area (Å²) in [7, 11) is -3.76. The lowest BCUT2D eigenvalue weighted by molar-refractivity contribution is -0.268. The van der Waals surface area contributed by atoms with Crippen LogP contribution in [0.4, 0.5) is 0 Å². The van der Waals surface area contributed by atoms with Crippen molar-refractivity contribution < 1.29 is 41.9 Å². The molecule has 4 saturated carbocycles. The molecule has 2 N–H and O–H groups in total. The van der Waals surface area contributed by atoms with E-state index in [1.165, 1.54) is 6.92 Å². The number of esters is 2. The maximum Gasteiger partial charge on any atom is 0.331 e. The molecule has 0 aromatic heterocycles. The van der Waals surface area contributed by atoms with Crippen LogP contribution >= 0.6 is 0 Å². The lowest BCUT2D eigenvalue weighted by atomic mass is 9.41. The fourth-order valence-corrected chi connectivity index (χ4v) is 9.44. The fourth-order valence-electron chi connectivity index (χ4n) is 9.02. The SMILES string of the molecule is CC(=O)O[C@@H]1CC[C@]2(COS(C)(=O)=O)[C@H]3CC[C@]4(C)[C@@H](C5=CC(=O)OC5)CC[C@@]4(O)[C@@H]3CC[C@@]2(O)C1. The molecule has 4 fully saturated rings. The summed E-state index contributed by atoms with van der Waals surface area (Å²) in [6.07, 6.45) is 7.01. The number of hydrogen-bond acceptors (Lipinski definition) is 9. The molecule has 4 aliphatic carbocycles. The van der Waals surface area contributed by atoms with E-state index in [9.17, 15) is 28.2 Å². The predicted octanol–water partition coefficient (Wildman–Crippen LogP) is 2.25. The van der Waals surface area contributed by atoms with Crippen LogP contribution in [0.15, 0.2) is 11.6 Å². The molecular weight excluding hydrogens is 488 g/mol. The minimum atomic E-state index is -3.76. The molecule has 0 radical (unpaired) electrons. The molecule has 0 unspecified atom stereocenters. The van der Waals surface area contributed by atoms with Gasteiger partial charge in [0.05, 0.1) is 24.1 Å². The van der Waals surface area contributed by atoms with E-state index in [1.807, 2.05) is 0 Å². The second-order valence-corrected chi connectivity index (χ2v) is 13.8. The van der Waals surface area contributed by atoms with E-state index < -0.39 is 44.2 Å². The minimum absolute atomic E-state index is 0.0404. The first kappa shape index (κ1) is 26.1. The highest BCUT2D eigenvalue weighted by molar-refractivity contribution is 7.85. The number of cyclic esters (lactones) is 1. The van der Waals surface area contributed by atoms with Crippen LogP contribution in [0.2, 0.25) is 0 Å². The Morgan fingerprint density at radius 1 is 1.11 bits per heavy atom. The molecule has 1 aliphatic heterocycles. The number of carbonyl (C=O) groups is 2. The highest BCUT2D eigenvalue weighted by Crippen LogP contribution is 2.70. The van der Waals surface area contributed by atoms with Crippen molar-refractivity contribution >= 4 is 22.1 Å². The van der Waals surface area contributed by atoms with Gasteiger partial charge in [-0.05, 0) is 74.7 Å². The molecule has 9 nitrogen and oxygen atoms in total. The zero-order valence-corrected chi connectivity index (χ0v) is 22.1. The second-order valence-electron chi connectivity index (χ2n) is 12.2. The quantitative estimate of drug-likeness (QED) is 0.408. The number of ether oxygens (including phenoxy) is 2. The summed E-state index contributed by atoms with van der Waals surface area (Å²) < 4.78 is 40.2. The van der Waals surface area contributed by atoms with Crippen molar-refractivity contribution in [2.75, 3.05) is 19.5 Å². The van der Waals surface area contributed by atoms with E-state index in [0.717, 1.165) is 18.2 Å². The summed E-state index contributed by atoms with van der Waals surface area (Å²) >= 11 is 0. The highest BCUT2D eigenvalue weighted by Gasteiger charge is 2.71. The van der Waals surface area contributed by atoms with E-state index in [-0.39, 0.29) is 43.4 Å². The zero-order valence-electron chi connectivity index (χ0n) is 21.3. The third-order valence-electron chi connectivity index (χ3n) is 10.6. The first-order chi connectivity index (χ1) is 16.7. The molecule has 0 amide bonds. The minimum Gasteiger partial charge on any atom is -0.462 e. The van der Waals surface area contributed by atoms with Crippen LogP contribution in [0.3, 0.4) is 0 Å². The number of carbonyl (C=O) groups excluding carboxylic acids is 2. The second kappa shape index (κ2) is 8.51. The fraction of sp³-hybridized carbons (Fsp3) is 0.846. The third-order valence-corrected chi connectivity index (χ3v) is 11.2. The van der Waals surface area contributed by atoms with Crippen molar-refractivity contribution in [3.63, 3.8) is 0 Å². The van der Waals surface area contributed by atoms with Crippen LogP contribution in [0.25, 0.3) is 0 Å². The van der Waals surface area contributed by atoms with E-state index in [1.54, 1.807) is 6.08 Å². The van der Waals surface area contributed by atoms with Gasteiger partial charge >= 0.3 is 11.9 Å². The molecule has 10 heteroatoms. The Kier molecular flexibility index (Phi) is 6.18. The molecular formula is C26H38O9S. The van der Waals surface area contributed by atoms with Gasteiger partial charge in [0.1, 0.15) is 12.7 Å². The van der Waals surface area contributed by atoms with E-state index in [2.05, 4.69) is 6.92 Å². The summed E-state index contributed by atoms with van der Waals surface area (Å²) in [6, 6.07) is 0. The van der Waals surface area contributed by atoms with Crippen LogP contribution in [0.1, 0.15) is 71.6 Å². The van der Waals surface area contributed by atoms with Gasteiger partial charge in [-0.2, -0.15) is 8.42 Å². The van der Waals surface area contributed by atoms with E-state index in [0.29, 0.717) is 44.9 Å². The zero-order chi connectivity index (χ0) is 26.1. The van der Waals surface area contributed by atoms with Crippen molar-refractivity contribution in [2.24, 2.45) is 28.6 Å². The summed E-state index contributed by atoms with van der Waals surface area (Å²) in [5, 5.41) is 24.5. The smallest absolute Gasteiger partial charge is 0.331 e. The van der Waals surface area contributed by atoms with Gasteiger partial charge in [-0.15, -0.1) is 0 Å². The van der Waals surface area contributed by atoms with Crippen LogP contribution < -0.4 is 0 Å². The third kappa shape index (κ3) is 3.85. The molecule has 5 rings (SSSR count). The molecule has 0 spiro atoms. The van der Waals surface area contributed by atoms with Crippen LogP contribution in [0.5, 0.6) is 0 Å². The van der Waals surface area contributed by atoms with E-state index in [4.69, 9.17) is 13.7 Å². The summed E-state index contributed by atoms with van der Waals surface area (Å²) in [4.78, 5) is 23.4. The predicted molar refractivity (Wildman–Crippen MR) is 128 cm³/mol. The van der Waals surface area contributed by atoms with Crippen molar-refractivity contribution in [1.29, 1.82) is 0 Å². The monoisotopic (exact) mass is 526 g/mol. The van der Waals surface area contributed by atoms with Gasteiger partial charge in [-0.1, -0.05) is 6.92 Å². The Morgan fingerprint density at radius 3 is 2.47 bits per heavy atom. The average Bonchev–Trinajstić information content (AvgIpc) is 3.31. The lowest BCUT2D eigenvalue weighted by Crippen LogP contribution is -2.69. The molecule has 8 atom stereocenters. The van der Waals surface area contributed by atoms with Crippen molar-refractivity contribution in [1.82, 2.24) is 0 Å². The Bertz CT molecular complexity index is 1080.